The minimum absolute atomic E-state index is 0.198. The number of fused-ring (bicyclic) bond motifs is 1. The third kappa shape index (κ3) is 3.69. The molecule has 0 saturated carbocycles. The number of benzene rings is 1. The second-order valence-electron chi connectivity index (χ2n) is 7.64. The number of nitrogens with zero attached hydrogens (tertiary/aromatic N) is 2. The highest BCUT2D eigenvalue weighted by Crippen LogP contribution is 2.33. The zero-order valence-electron chi connectivity index (χ0n) is 15.8. The Morgan fingerprint density at radius 1 is 1.30 bits per heavy atom. The second-order valence-corrected chi connectivity index (χ2v) is 7.64. The van der Waals surface area contributed by atoms with Gasteiger partial charge in [-0.05, 0) is 50.8 Å². The maximum atomic E-state index is 12.3. The summed E-state index contributed by atoms with van der Waals surface area (Å²) >= 11 is 0. The molecule has 1 aromatic carbocycles. The molecule has 2 saturated heterocycles. The van der Waals surface area contributed by atoms with E-state index < -0.39 is 0 Å². The predicted octanol–water partition coefficient (Wildman–Crippen LogP) is 1.90. The molecule has 3 N–H and O–H groups in total. The summed E-state index contributed by atoms with van der Waals surface area (Å²) < 4.78 is 1.85. The van der Waals surface area contributed by atoms with Gasteiger partial charge in [-0.2, -0.15) is 5.10 Å². The van der Waals surface area contributed by atoms with Crippen molar-refractivity contribution in [3.8, 4) is 0 Å². The molecule has 0 radical (unpaired) electrons. The standard InChI is InChI=1S/C20H27N5O2/c1-25-19-14(18(24-25)15-7-8-17(26)23-20(15)27)5-2-6-16(19)22-11-9-13-4-3-10-21-12-13/h2,5-6,13,15,21-22H,3-4,7-12H2,1H3,(H,23,26,27). The van der Waals surface area contributed by atoms with E-state index in [1.54, 1.807) is 0 Å². The van der Waals surface area contributed by atoms with Gasteiger partial charge in [0.2, 0.25) is 11.8 Å². The van der Waals surface area contributed by atoms with E-state index in [2.05, 4.69) is 27.1 Å². The lowest BCUT2D eigenvalue weighted by molar-refractivity contribution is -0.134. The molecule has 2 aliphatic rings. The van der Waals surface area contributed by atoms with Gasteiger partial charge < -0.3 is 10.6 Å². The Kier molecular flexibility index (Phi) is 5.11. The van der Waals surface area contributed by atoms with E-state index in [9.17, 15) is 9.59 Å². The van der Waals surface area contributed by atoms with E-state index in [-0.39, 0.29) is 17.7 Å². The zero-order chi connectivity index (χ0) is 18.8. The minimum atomic E-state index is -0.366. The monoisotopic (exact) mass is 369 g/mol. The number of rotatable bonds is 5. The van der Waals surface area contributed by atoms with E-state index in [1.165, 1.54) is 12.8 Å². The molecule has 0 bridgehead atoms. The van der Waals surface area contributed by atoms with E-state index in [0.717, 1.165) is 54.3 Å². The number of aryl methyl sites for hydroxylation is 1. The van der Waals surface area contributed by atoms with Gasteiger partial charge >= 0.3 is 0 Å². The molecular weight excluding hydrogens is 342 g/mol. The summed E-state index contributed by atoms with van der Waals surface area (Å²) in [5, 5.41) is 15.1. The van der Waals surface area contributed by atoms with Crippen molar-refractivity contribution in [1.29, 1.82) is 0 Å². The first-order valence-corrected chi connectivity index (χ1v) is 9.87. The molecule has 4 rings (SSSR count). The number of anilines is 1. The van der Waals surface area contributed by atoms with E-state index in [1.807, 2.05) is 23.9 Å². The molecule has 0 aliphatic carbocycles. The third-order valence-corrected chi connectivity index (χ3v) is 5.73. The summed E-state index contributed by atoms with van der Waals surface area (Å²) in [6, 6.07) is 6.08. The highest BCUT2D eigenvalue weighted by atomic mass is 16.2. The maximum Gasteiger partial charge on any atom is 0.235 e. The molecular formula is C20H27N5O2. The lowest BCUT2D eigenvalue weighted by atomic mass is 9.92. The van der Waals surface area contributed by atoms with Crippen LogP contribution in [0.3, 0.4) is 0 Å². The van der Waals surface area contributed by atoms with Crippen molar-refractivity contribution in [3.63, 3.8) is 0 Å². The van der Waals surface area contributed by atoms with E-state index in [4.69, 9.17) is 0 Å². The molecule has 3 heterocycles. The van der Waals surface area contributed by atoms with Crippen molar-refractivity contribution in [2.75, 3.05) is 25.0 Å². The van der Waals surface area contributed by atoms with Crippen LogP contribution in [0.2, 0.25) is 0 Å². The number of aromatic nitrogens is 2. The first-order chi connectivity index (χ1) is 13.1. The predicted molar refractivity (Wildman–Crippen MR) is 105 cm³/mol. The van der Waals surface area contributed by atoms with Gasteiger partial charge in [-0.25, -0.2) is 0 Å². The van der Waals surface area contributed by atoms with Crippen LogP contribution >= 0.6 is 0 Å². The molecule has 2 fully saturated rings. The van der Waals surface area contributed by atoms with Gasteiger partial charge in [-0.1, -0.05) is 12.1 Å². The van der Waals surface area contributed by atoms with Gasteiger partial charge in [0, 0.05) is 25.4 Å². The Morgan fingerprint density at radius 2 is 2.19 bits per heavy atom. The van der Waals surface area contributed by atoms with E-state index >= 15 is 0 Å². The normalized spacial score (nSPS) is 23.4. The van der Waals surface area contributed by atoms with Crippen molar-refractivity contribution in [2.24, 2.45) is 13.0 Å². The summed E-state index contributed by atoms with van der Waals surface area (Å²) in [5.74, 6) is -0.0727. The molecule has 2 unspecified atom stereocenters. The fraction of sp³-hybridized carbons (Fsp3) is 0.550. The first kappa shape index (κ1) is 18.0. The van der Waals surface area contributed by atoms with Gasteiger partial charge in [-0.15, -0.1) is 0 Å². The Labute approximate surface area is 158 Å². The average molecular weight is 369 g/mol. The van der Waals surface area contributed by atoms with Crippen molar-refractivity contribution in [3.05, 3.63) is 23.9 Å². The van der Waals surface area contributed by atoms with Crippen molar-refractivity contribution < 1.29 is 9.59 Å². The molecule has 2 atom stereocenters. The van der Waals surface area contributed by atoms with Gasteiger partial charge in [0.25, 0.3) is 0 Å². The summed E-state index contributed by atoms with van der Waals surface area (Å²) in [7, 11) is 1.91. The van der Waals surface area contributed by atoms with Gasteiger partial charge in [0.05, 0.1) is 22.8 Å². The molecule has 2 aromatic rings. The number of hydrogen-bond acceptors (Lipinski definition) is 5. The smallest absolute Gasteiger partial charge is 0.235 e. The van der Waals surface area contributed by atoms with Gasteiger partial charge in [0.1, 0.15) is 0 Å². The Hall–Kier alpha value is -2.41. The molecule has 2 aliphatic heterocycles. The van der Waals surface area contributed by atoms with Crippen LogP contribution in [0.1, 0.15) is 43.7 Å². The minimum Gasteiger partial charge on any atom is -0.383 e. The topological polar surface area (TPSA) is 88.0 Å². The lowest BCUT2D eigenvalue weighted by Crippen LogP contribution is -2.39. The number of imide groups is 1. The van der Waals surface area contributed by atoms with Crippen LogP contribution in [0.15, 0.2) is 18.2 Å². The number of amides is 2. The Balaban J connectivity index is 1.53. The molecule has 144 valence electrons. The first-order valence-electron chi connectivity index (χ1n) is 9.87. The number of carbonyl (C=O) groups excluding carboxylic acids is 2. The van der Waals surface area contributed by atoms with Crippen molar-refractivity contribution in [1.82, 2.24) is 20.4 Å². The molecule has 7 nitrogen and oxygen atoms in total. The van der Waals surface area contributed by atoms with Gasteiger partial charge in [-0.3, -0.25) is 19.6 Å². The van der Waals surface area contributed by atoms with Crippen LogP contribution in [0.25, 0.3) is 10.9 Å². The average Bonchev–Trinajstić information content (AvgIpc) is 3.00. The third-order valence-electron chi connectivity index (χ3n) is 5.73. The molecule has 1 aromatic heterocycles. The molecule has 27 heavy (non-hydrogen) atoms. The summed E-state index contributed by atoms with van der Waals surface area (Å²) in [6.07, 6.45) is 4.58. The molecule has 7 heteroatoms. The number of carbonyl (C=O) groups is 2. The number of piperidine rings is 2. The van der Waals surface area contributed by atoms with Crippen molar-refractivity contribution >= 4 is 28.4 Å². The highest BCUT2D eigenvalue weighted by molar-refractivity contribution is 6.03. The molecule has 2 amide bonds. The van der Waals surface area contributed by atoms with Crippen molar-refractivity contribution in [2.45, 2.75) is 38.0 Å². The fourth-order valence-corrected chi connectivity index (χ4v) is 4.30. The van der Waals surface area contributed by atoms with Crippen LogP contribution in [-0.2, 0) is 16.6 Å². The van der Waals surface area contributed by atoms with Crippen LogP contribution in [0, 0.1) is 5.92 Å². The van der Waals surface area contributed by atoms with E-state index in [0.29, 0.717) is 12.8 Å². The Morgan fingerprint density at radius 3 is 2.96 bits per heavy atom. The number of hydrogen-bond donors (Lipinski definition) is 3. The van der Waals surface area contributed by atoms with Gasteiger partial charge in [0.15, 0.2) is 0 Å². The fourth-order valence-electron chi connectivity index (χ4n) is 4.30. The van der Waals surface area contributed by atoms with Crippen LogP contribution in [0.5, 0.6) is 0 Å². The number of para-hydroxylation sites is 1. The molecule has 0 spiro atoms. The van der Waals surface area contributed by atoms with Crippen LogP contribution in [0.4, 0.5) is 5.69 Å². The second kappa shape index (κ2) is 7.68. The van der Waals surface area contributed by atoms with Crippen LogP contribution in [-0.4, -0.2) is 41.2 Å². The number of nitrogens with one attached hydrogen (secondary N) is 3. The highest BCUT2D eigenvalue weighted by Gasteiger charge is 2.31. The van der Waals surface area contributed by atoms with Crippen LogP contribution < -0.4 is 16.0 Å². The summed E-state index contributed by atoms with van der Waals surface area (Å²) in [4.78, 5) is 23.7. The Bertz CT molecular complexity index is 853. The maximum absolute atomic E-state index is 12.3. The lowest BCUT2D eigenvalue weighted by Gasteiger charge is -2.23. The summed E-state index contributed by atoms with van der Waals surface area (Å²) in [5.41, 5.74) is 2.82. The zero-order valence-corrected chi connectivity index (χ0v) is 15.8. The SMILES string of the molecule is Cn1nc(C2CCC(=O)NC2=O)c2cccc(NCCC3CCCNC3)c21. The largest absolute Gasteiger partial charge is 0.383 e. The summed E-state index contributed by atoms with van der Waals surface area (Å²) in [6.45, 7) is 3.17. The quantitative estimate of drug-likeness (QED) is 0.701.